The second-order valence-electron chi connectivity index (χ2n) is 5.21. The van der Waals surface area contributed by atoms with Crippen LogP contribution in [0.25, 0.3) is 11.3 Å². The third-order valence-electron chi connectivity index (χ3n) is 3.83. The Balaban J connectivity index is 2.09. The van der Waals surface area contributed by atoms with Crippen LogP contribution in [0, 0.1) is 0 Å². The van der Waals surface area contributed by atoms with Crippen molar-refractivity contribution in [2.75, 3.05) is 13.2 Å². The Labute approximate surface area is 126 Å². The number of aliphatic hydroxyl groups is 1. The van der Waals surface area contributed by atoms with Gasteiger partial charge in [-0.2, -0.15) is 0 Å². The van der Waals surface area contributed by atoms with Gasteiger partial charge in [0, 0.05) is 24.2 Å². The normalized spacial score (nSPS) is 11.5. The molecule has 0 atom stereocenters. The number of benzene rings is 1. The van der Waals surface area contributed by atoms with E-state index in [0.29, 0.717) is 19.1 Å². The lowest BCUT2D eigenvalue weighted by Crippen LogP contribution is -2.36. The van der Waals surface area contributed by atoms with Gasteiger partial charge in [0.25, 0.3) is 0 Å². The third-order valence-corrected chi connectivity index (χ3v) is 3.83. The largest absolute Gasteiger partial charge is 0.395 e. The highest BCUT2D eigenvalue weighted by Gasteiger charge is 2.17. The standard InChI is InChI=1S/C17H24N2O2/c1-3-15(4-2)19(10-11-20)13-16-12-17(18-21-16)14-8-6-5-7-9-14/h5-9,12,15,20H,3-4,10-11,13H2,1-2H3. The Bertz CT molecular complexity index is 521. The molecule has 0 spiro atoms. The fraction of sp³-hybridized carbons (Fsp3) is 0.471. The molecule has 0 bridgehead atoms. The molecule has 0 amide bonds. The van der Waals surface area contributed by atoms with Gasteiger partial charge in [0.1, 0.15) is 5.69 Å². The molecule has 0 saturated carbocycles. The van der Waals surface area contributed by atoms with E-state index in [0.717, 1.165) is 29.9 Å². The van der Waals surface area contributed by atoms with Gasteiger partial charge in [-0.15, -0.1) is 0 Å². The van der Waals surface area contributed by atoms with E-state index in [1.807, 2.05) is 36.4 Å². The molecule has 0 unspecified atom stereocenters. The van der Waals surface area contributed by atoms with Crippen LogP contribution in [0.5, 0.6) is 0 Å². The number of hydrogen-bond acceptors (Lipinski definition) is 4. The van der Waals surface area contributed by atoms with Gasteiger partial charge in [-0.1, -0.05) is 49.3 Å². The highest BCUT2D eigenvalue weighted by Crippen LogP contribution is 2.20. The maximum absolute atomic E-state index is 9.25. The number of aliphatic hydroxyl groups excluding tert-OH is 1. The van der Waals surface area contributed by atoms with Crippen LogP contribution < -0.4 is 0 Å². The fourth-order valence-electron chi connectivity index (χ4n) is 2.66. The van der Waals surface area contributed by atoms with E-state index in [1.165, 1.54) is 0 Å². The van der Waals surface area contributed by atoms with E-state index >= 15 is 0 Å². The first-order chi connectivity index (χ1) is 10.3. The first kappa shape index (κ1) is 15.7. The summed E-state index contributed by atoms with van der Waals surface area (Å²) in [6, 6.07) is 12.5. The van der Waals surface area contributed by atoms with E-state index in [4.69, 9.17) is 4.52 Å². The van der Waals surface area contributed by atoms with Crippen molar-refractivity contribution in [1.82, 2.24) is 10.1 Å². The monoisotopic (exact) mass is 288 g/mol. The minimum absolute atomic E-state index is 0.163. The molecule has 0 fully saturated rings. The highest BCUT2D eigenvalue weighted by atomic mass is 16.5. The highest BCUT2D eigenvalue weighted by molar-refractivity contribution is 5.58. The van der Waals surface area contributed by atoms with Gasteiger partial charge in [0.2, 0.25) is 0 Å². The molecule has 1 aromatic carbocycles. The zero-order chi connectivity index (χ0) is 15.1. The Hall–Kier alpha value is -1.65. The van der Waals surface area contributed by atoms with Crippen LogP contribution >= 0.6 is 0 Å². The van der Waals surface area contributed by atoms with Crippen LogP contribution in [0.4, 0.5) is 0 Å². The predicted octanol–water partition coefficient (Wildman–Crippen LogP) is 3.32. The van der Waals surface area contributed by atoms with Crippen LogP contribution in [0.3, 0.4) is 0 Å². The van der Waals surface area contributed by atoms with Crippen LogP contribution in [0.1, 0.15) is 32.4 Å². The SMILES string of the molecule is CCC(CC)N(CCO)Cc1cc(-c2ccccc2)no1. The first-order valence-corrected chi connectivity index (χ1v) is 7.64. The second-order valence-corrected chi connectivity index (χ2v) is 5.21. The number of aromatic nitrogens is 1. The van der Waals surface area contributed by atoms with Crippen LogP contribution in [-0.4, -0.2) is 34.4 Å². The van der Waals surface area contributed by atoms with Crippen LogP contribution in [0.2, 0.25) is 0 Å². The van der Waals surface area contributed by atoms with Gasteiger partial charge in [-0.05, 0) is 12.8 Å². The number of nitrogens with zero attached hydrogens (tertiary/aromatic N) is 2. The Morgan fingerprint density at radius 3 is 2.52 bits per heavy atom. The van der Waals surface area contributed by atoms with E-state index < -0.39 is 0 Å². The van der Waals surface area contributed by atoms with Crippen molar-refractivity contribution in [3.63, 3.8) is 0 Å². The molecule has 0 radical (unpaired) electrons. The zero-order valence-corrected chi connectivity index (χ0v) is 12.8. The summed E-state index contributed by atoms with van der Waals surface area (Å²) in [5.74, 6) is 0.842. The summed E-state index contributed by atoms with van der Waals surface area (Å²) in [6.07, 6.45) is 2.13. The average Bonchev–Trinajstić information content (AvgIpc) is 2.98. The lowest BCUT2D eigenvalue weighted by Gasteiger charge is -2.28. The molecule has 1 heterocycles. The van der Waals surface area contributed by atoms with Gasteiger partial charge in [0.15, 0.2) is 5.76 Å². The van der Waals surface area contributed by atoms with E-state index in [9.17, 15) is 5.11 Å². The summed E-state index contributed by atoms with van der Waals surface area (Å²) < 4.78 is 5.46. The molecule has 0 aliphatic rings. The molecule has 4 heteroatoms. The average molecular weight is 288 g/mol. The molecule has 0 saturated heterocycles. The van der Waals surface area contributed by atoms with E-state index in [2.05, 4.69) is 23.9 Å². The fourth-order valence-corrected chi connectivity index (χ4v) is 2.66. The lowest BCUT2D eigenvalue weighted by atomic mass is 10.1. The Morgan fingerprint density at radius 1 is 1.19 bits per heavy atom. The van der Waals surface area contributed by atoms with Crippen molar-refractivity contribution < 1.29 is 9.63 Å². The van der Waals surface area contributed by atoms with Gasteiger partial charge in [0.05, 0.1) is 13.2 Å². The molecule has 114 valence electrons. The summed E-state index contributed by atoms with van der Waals surface area (Å²) in [6.45, 7) is 5.86. The van der Waals surface area contributed by atoms with Gasteiger partial charge in [-0.25, -0.2) is 0 Å². The van der Waals surface area contributed by atoms with Gasteiger partial charge < -0.3 is 9.63 Å². The smallest absolute Gasteiger partial charge is 0.151 e. The summed E-state index contributed by atoms with van der Waals surface area (Å²) in [4.78, 5) is 2.26. The van der Waals surface area contributed by atoms with Crippen molar-refractivity contribution in [3.8, 4) is 11.3 Å². The predicted molar refractivity (Wildman–Crippen MR) is 83.8 cm³/mol. The van der Waals surface area contributed by atoms with Crippen molar-refractivity contribution in [3.05, 3.63) is 42.2 Å². The minimum atomic E-state index is 0.163. The molecule has 0 aliphatic carbocycles. The Kier molecular flexibility index (Phi) is 5.96. The van der Waals surface area contributed by atoms with Crippen molar-refractivity contribution in [2.45, 2.75) is 39.3 Å². The molecule has 21 heavy (non-hydrogen) atoms. The zero-order valence-electron chi connectivity index (χ0n) is 12.8. The summed E-state index contributed by atoms with van der Waals surface area (Å²) in [7, 11) is 0. The summed E-state index contributed by atoms with van der Waals surface area (Å²) >= 11 is 0. The van der Waals surface area contributed by atoms with Crippen LogP contribution in [0.15, 0.2) is 40.9 Å². The molecule has 4 nitrogen and oxygen atoms in total. The van der Waals surface area contributed by atoms with Crippen molar-refractivity contribution in [2.24, 2.45) is 0 Å². The first-order valence-electron chi connectivity index (χ1n) is 7.64. The topological polar surface area (TPSA) is 49.5 Å². The van der Waals surface area contributed by atoms with Crippen LogP contribution in [-0.2, 0) is 6.54 Å². The van der Waals surface area contributed by atoms with E-state index in [1.54, 1.807) is 0 Å². The van der Waals surface area contributed by atoms with Gasteiger partial charge >= 0.3 is 0 Å². The second kappa shape index (κ2) is 7.96. The minimum Gasteiger partial charge on any atom is -0.395 e. The van der Waals surface area contributed by atoms with Gasteiger partial charge in [-0.3, -0.25) is 4.90 Å². The maximum atomic E-state index is 9.25. The maximum Gasteiger partial charge on any atom is 0.151 e. The number of rotatable bonds is 8. The Morgan fingerprint density at radius 2 is 1.90 bits per heavy atom. The molecule has 2 aromatic rings. The quantitative estimate of drug-likeness (QED) is 0.809. The molecule has 1 N–H and O–H groups in total. The van der Waals surface area contributed by atoms with Crippen molar-refractivity contribution in [1.29, 1.82) is 0 Å². The number of hydrogen-bond donors (Lipinski definition) is 1. The van der Waals surface area contributed by atoms with Crippen molar-refractivity contribution >= 4 is 0 Å². The molecular weight excluding hydrogens is 264 g/mol. The molecule has 0 aliphatic heterocycles. The third kappa shape index (κ3) is 4.16. The lowest BCUT2D eigenvalue weighted by molar-refractivity contribution is 0.125. The molecular formula is C17H24N2O2. The van der Waals surface area contributed by atoms with E-state index in [-0.39, 0.29) is 6.61 Å². The summed E-state index contributed by atoms with van der Waals surface area (Å²) in [5.41, 5.74) is 1.92. The summed E-state index contributed by atoms with van der Waals surface area (Å²) in [5, 5.41) is 13.4. The molecule has 1 aromatic heterocycles. The molecule has 2 rings (SSSR count).